The van der Waals surface area contributed by atoms with E-state index in [1.165, 1.54) is 11.0 Å². The number of benzene rings is 2. The van der Waals surface area contributed by atoms with E-state index < -0.39 is 29.5 Å². The maximum Gasteiger partial charge on any atom is 0.246 e. The summed E-state index contributed by atoms with van der Waals surface area (Å²) in [6.45, 7) is 13.4. The number of amides is 4. The number of fused-ring (bicyclic) bond motifs is 1. The Bertz CT molecular complexity index is 2890. The molecule has 4 N–H and O–H groups in total. The van der Waals surface area contributed by atoms with Crippen molar-refractivity contribution in [1.29, 1.82) is 0 Å². The number of aryl methyl sites for hydroxylation is 1. The van der Waals surface area contributed by atoms with Crippen LogP contribution in [0.1, 0.15) is 81.4 Å². The summed E-state index contributed by atoms with van der Waals surface area (Å²) >= 11 is 1.57. The van der Waals surface area contributed by atoms with Gasteiger partial charge in [-0.1, -0.05) is 63.2 Å². The van der Waals surface area contributed by atoms with Gasteiger partial charge in [-0.25, -0.2) is 19.4 Å². The van der Waals surface area contributed by atoms with E-state index in [9.17, 15) is 28.7 Å². The van der Waals surface area contributed by atoms with E-state index in [1.807, 2.05) is 104 Å². The lowest BCUT2D eigenvalue weighted by atomic mass is 9.85. The molecule has 9 rings (SSSR count). The zero-order valence-corrected chi connectivity index (χ0v) is 47.6. The van der Waals surface area contributed by atoms with Gasteiger partial charge in [-0.05, 0) is 78.3 Å². The number of β-amino-alcohol motifs (C(OH)–C–C–N with tert-alkyl or cyclic N) is 1. The standard InChI is InChI=1S/C59H76FN11O9S/c1-40-55(81-39-63-40)42-15-13-41(14-16-42)36-62-57(75)48-35-45(72)38-70(48)58(76)56(59(2,3)4)65-53(73)19-26-77-28-30-79-32-33-80-31-29-78-27-20-54(74)68-24-22-67(23-25-68)51-12-6-10-46(64-51)49-37-61-50-17-18-52(66-71(49)50)69-21-7-11-47(69)43-8-5-9-44(60)34-43/h5-6,8-10,12-18,34,37,39,45,47-48,50,56,61,72H,7,11,19-33,35-36,38H2,1-4H3,(H,62,75)(H,65,73)/t45-,47-,48+,50?,56-/m1/s1. The molecule has 2 aromatic carbocycles. The van der Waals surface area contributed by atoms with Crippen LogP contribution in [0.2, 0.25) is 0 Å². The highest BCUT2D eigenvalue weighted by Gasteiger charge is 2.44. The third-order valence-electron chi connectivity index (χ3n) is 15.0. The highest BCUT2D eigenvalue weighted by atomic mass is 32.1. The van der Waals surface area contributed by atoms with E-state index in [0.29, 0.717) is 65.8 Å². The van der Waals surface area contributed by atoms with Crippen LogP contribution in [0.15, 0.2) is 95.7 Å². The van der Waals surface area contributed by atoms with E-state index >= 15 is 0 Å². The number of pyridine rings is 1. The number of hydrogen-bond acceptors (Lipinski definition) is 17. The number of amidine groups is 1. The van der Waals surface area contributed by atoms with Crippen molar-refractivity contribution in [3.63, 3.8) is 0 Å². The van der Waals surface area contributed by atoms with Gasteiger partial charge < -0.3 is 59.6 Å². The second kappa shape index (κ2) is 27.8. The summed E-state index contributed by atoms with van der Waals surface area (Å²) in [7, 11) is 0. The molecule has 5 aliphatic rings. The van der Waals surface area contributed by atoms with Crippen molar-refractivity contribution in [3.05, 3.63) is 119 Å². The zero-order valence-electron chi connectivity index (χ0n) is 46.8. The largest absolute Gasteiger partial charge is 0.391 e. The van der Waals surface area contributed by atoms with Crippen molar-refractivity contribution in [2.45, 2.75) is 96.7 Å². The van der Waals surface area contributed by atoms with Crippen molar-refractivity contribution in [1.82, 2.24) is 45.6 Å². The third kappa shape index (κ3) is 15.4. The van der Waals surface area contributed by atoms with Crippen LogP contribution in [0.25, 0.3) is 16.1 Å². The summed E-state index contributed by atoms with van der Waals surface area (Å²) in [5, 5.41) is 26.8. The maximum atomic E-state index is 14.1. The lowest BCUT2D eigenvalue weighted by Gasteiger charge is -2.36. The minimum atomic E-state index is -0.939. The molecular formula is C59H76FN11O9S. The summed E-state index contributed by atoms with van der Waals surface area (Å²) in [4.78, 5) is 71.8. The monoisotopic (exact) mass is 1130 g/mol. The number of ether oxygens (including phenoxy) is 4. The number of nitrogens with one attached hydrogen (secondary N) is 3. The smallest absolute Gasteiger partial charge is 0.246 e. The number of aromatic nitrogens is 2. The maximum absolute atomic E-state index is 14.1. The van der Waals surface area contributed by atoms with Gasteiger partial charge in [0.15, 0.2) is 0 Å². The summed E-state index contributed by atoms with van der Waals surface area (Å²) < 4.78 is 36.7. The highest BCUT2D eigenvalue weighted by Crippen LogP contribution is 2.36. The first kappa shape index (κ1) is 58.8. The van der Waals surface area contributed by atoms with Gasteiger partial charge >= 0.3 is 0 Å². The van der Waals surface area contributed by atoms with Gasteiger partial charge in [0.1, 0.15) is 41.4 Å². The van der Waals surface area contributed by atoms with Crippen molar-refractivity contribution in [2.75, 3.05) is 97.0 Å². The Kier molecular flexibility index (Phi) is 20.2. The van der Waals surface area contributed by atoms with Crippen LogP contribution < -0.4 is 20.9 Å². The number of carbonyl (C=O) groups is 4. The van der Waals surface area contributed by atoms with E-state index in [0.717, 1.165) is 69.7 Å². The van der Waals surface area contributed by atoms with E-state index in [1.54, 1.807) is 23.5 Å². The third-order valence-corrected chi connectivity index (χ3v) is 16.0. The molecule has 3 fully saturated rings. The first-order chi connectivity index (χ1) is 39.2. The number of halogens is 1. The van der Waals surface area contributed by atoms with Gasteiger partial charge in [-0.2, -0.15) is 5.10 Å². The molecule has 22 heteroatoms. The molecule has 81 heavy (non-hydrogen) atoms. The van der Waals surface area contributed by atoms with Crippen LogP contribution >= 0.6 is 11.3 Å². The van der Waals surface area contributed by atoms with Gasteiger partial charge in [0.25, 0.3) is 0 Å². The average Bonchev–Trinajstić information content (AvgIpc) is 4.37. The fraction of sp³-hybridized carbons (Fsp3) is 0.508. The molecule has 3 saturated heterocycles. The molecule has 4 amide bonds. The highest BCUT2D eigenvalue weighted by molar-refractivity contribution is 7.13. The molecule has 434 valence electrons. The fourth-order valence-electron chi connectivity index (χ4n) is 10.7. The molecule has 2 aromatic heterocycles. The number of anilines is 1. The Labute approximate surface area is 477 Å². The summed E-state index contributed by atoms with van der Waals surface area (Å²) in [6.07, 6.45) is 7.41. The Morgan fingerprint density at radius 3 is 2.27 bits per heavy atom. The number of aliphatic hydroxyl groups is 1. The minimum Gasteiger partial charge on any atom is -0.391 e. The number of thiazole rings is 1. The van der Waals surface area contributed by atoms with Gasteiger partial charge in [0.2, 0.25) is 23.6 Å². The number of hydrazone groups is 1. The van der Waals surface area contributed by atoms with Crippen LogP contribution in [0.5, 0.6) is 0 Å². The van der Waals surface area contributed by atoms with Crippen LogP contribution in [0.4, 0.5) is 10.2 Å². The molecule has 7 heterocycles. The zero-order chi connectivity index (χ0) is 56.9. The van der Waals surface area contributed by atoms with Crippen molar-refractivity contribution in [3.8, 4) is 10.4 Å². The van der Waals surface area contributed by atoms with E-state index in [-0.39, 0.29) is 81.3 Å². The second-order valence-electron chi connectivity index (χ2n) is 21.9. The van der Waals surface area contributed by atoms with Crippen LogP contribution in [0.3, 0.4) is 0 Å². The fourth-order valence-corrected chi connectivity index (χ4v) is 11.5. The van der Waals surface area contributed by atoms with Crippen molar-refractivity contribution >= 4 is 52.3 Å². The quantitative estimate of drug-likeness (QED) is 0.0663. The first-order valence-electron chi connectivity index (χ1n) is 28.1. The molecule has 0 saturated carbocycles. The number of piperazine rings is 1. The van der Waals surface area contributed by atoms with Gasteiger partial charge in [-0.3, -0.25) is 19.2 Å². The number of nitrogens with zero attached hydrogens (tertiary/aromatic N) is 8. The van der Waals surface area contributed by atoms with E-state index in [2.05, 4.69) is 36.8 Å². The molecular weight excluding hydrogens is 1060 g/mol. The van der Waals surface area contributed by atoms with Gasteiger partial charge in [0, 0.05) is 64.9 Å². The average molecular weight is 1130 g/mol. The number of likely N-dealkylation sites (tertiary alicyclic amines) is 2. The molecule has 0 bridgehead atoms. The number of rotatable bonds is 24. The molecule has 5 aliphatic heterocycles. The summed E-state index contributed by atoms with van der Waals surface area (Å²) in [6, 6.07) is 18.9. The Morgan fingerprint density at radius 2 is 1.58 bits per heavy atom. The number of aliphatic hydroxyl groups excluding tert-OH is 1. The van der Waals surface area contributed by atoms with Crippen LogP contribution in [-0.2, 0) is 44.7 Å². The molecule has 5 atom stereocenters. The minimum absolute atomic E-state index is 0.0114. The van der Waals surface area contributed by atoms with Crippen molar-refractivity contribution < 1.29 is 47.6 Å². The molecule has 20 nitrogen and oxygen atoms in total. The van der Waals surface area contributed by atoms with Gasteiger partial charge in [0.05, 0.1) is 93.2 Å². The summed E-state index contributed by atoms with van der Waals surface area (Å²) in [5.41, 5.74) is 6.64. The predicted octanol–water partition coefficient (Wildman–Crippen LogP) is 5.21. The Morgan fingerprint density at radius 1 is 0.877 bits per heavy atom. The predicted molar refractivity (Wildman–Crippen MR) is 306 cm³/mol. The topological polar surface area (TPSA) is 216 Å². The Hall–Kier alpha value is -6.82. The normalized spacial score (nSPS) is 20.2. The van der Waals surface area contributed by atoms with Gasteiger partial charge in [-0.15, -0.1) is 11.3 Å². The van der Waals surface area contributed by atoms with Crippen LogP contribution in [0, 0.1) is 18.2 Å². The SMILES string of the molecule is Cc1ncsc1-c1ccc(CNC(=O)[C@@H]2C[C@@H](O)CN2C(=O)[C@@H](NC(=O)CCOCCOCCOCCOCCC(=O)N2CCN(c3cccc(C4=CNC5C=CC(N6CCC[C@@H]6c6cccc(F)c6)=NN45)n3)CC2)C(C)(C)C)cc1. The molecule has 0 aliphatic carbocycles. The molecule has 1 unspecified atom stereocenters. The second-order valence-corrected chi connectivity index (χ2v) is 22.7. The first-order valence-corrected chi connectivity index (χ1v) is 29.0. The molecule has 0 spiro atoms. The number of carbonyl (C=O) groups excluding carboxylic acids is 4. The van der Waals surface area contributed by atoms with Crippen LogP contribution in [-0.4, -0.2) is 181 Å². The Balaban J connectivity index is 0.598. The van der Waals surface area contributed by atoms with E-state index in [4.69, 9.17) is 29.0 Å². The number of hydrogen-bond donors (Lipinski definition) is 4. The lowest BCUT2D eigenvalue weighted by molar-refractivity contribution is -0.144. The molecule has 0 radical (unpaired) electrons. The lowest BCUT2D eigenvalue weighted by Crippen LogP contribution is -2.57. The molecule has 4 aromatic rings. The summed E-state index contributed by atoms with van der Waals surface area (Å²) in [5.74, 6) is 0.326. The van der Waals surface area contributed by atoms with Crippen molar-refractivity contribution in [2.24, 2.45) is 10.5 Å².